The van der Waals surface area contributed by atoms with Crippen LogP contribution < -0.4 is 0 Å². The summed E-state index contributed by atoms with van der Waals surface area (Å²) in [6.45, 7) is 0. The summed E-state index contributed by atoms with van der Waals surface area (Å²) >= 11 is 1.53. The Bertz CT molecular complexity index is 445. The summed E-state index contributed by atoms with van der Waals surface area (Å²) in [6.07, 6.45) is 3.39. The molecule has 0 amide bonds. The van der Waals surface area contributed by atoms with Gasteiger partial charge in [0.15, 0.2) is 0 Å². The van der Waals surface area contributed by atoms with Crippen molar-refractivity contribution in [2.75, 3.05) is 6.26 Å². The van der Waals surface area contributed by atoms with Gasteiger partial charge in [0.2, 0.25) is 0 Å². The maximum Gasteiger partial charge on any atom is 0.125 e. The second-order valence-electron chi connectivity index (χ2n) is 2.54. The van der Waals surface area contributed by atoms with E-state index in [1.807, 2.05) is 6.26 Å². The first kappa shape index (κ1) is 8.44. The van der Waals surface area contributed by atoms with Crippen molar-refractivity contribution in [3.05, 3.63) is 30.3 Å². The van der Waals surface area contributed by atoms with Gasteiger partial charge in [-0.3, -0.25) is 0 Å². The lowest BCUT2D eigenvalue weighted by molar-refractivity contribution is 0.629. The number of hydrogen-bond acceptors (Lipinski definition) is 3. The molecular formula is C9H7FN2S. The van der Waals surface area contributed by atoms with Gasteiger partial charge in [-0.05, 0) is 18.4 Å². The smallest absolute Gasteiger partial charge is 0.125 e. The highest BCUT2D eigenvalue weighted by Crippen LogP contribution is 2.22. The molecule has 2 nitrogen and oxygen atoms in total. The van der Waals surface area contributed by atoms with Gasteiger partial charge in [0.1, 0.15) is 17.2 Å². The average molecular weight is 194 g/mol. The zero-order chi connectivity index (χ0) is 9.26. The molecule has 1 aromatic carbocycles. The van der Waals surface area contributed by atoms with Gasteiger partial charge in [-0.2, -0.15) is 0 Å². The fourth-order valence-corrected chi connectivity index (χ4v) is 1.71. The van der Waals surface area contributed by atoms with Gasteiger partial charge >= 0.3 is 0 Å². The van der Waals surface area contributed by atoms with Gasteiger partial charge in [0.05, 0.1) is 5.52 Å². The molecule has 0 fully saturated rings. The van der Waals surface area contributed by atoms with Crippen molar-refractivity contribution in [2.45, 2.75) is 5.03 Å². The Labute approximate surface area is 79.2 Å². The molecule has 0 saturated carbocycles. The number of fused-ring (bicyclic) bond motifs is 1. The van der Waals surface area contributed by atoms with E-state index in [1.165, 1.54) is 30.2 Å². The molecule has 0 aliphatic rings. The van der Waals surface area contributed by atoms with E-state index in [4.69, 9.17) is 0 Å². The molecule has 1 aromatic heterocycles. The number of halogens is 1. The molecule has 0 saturated heterocycles. The fourth-order valence-electron chi connectivity index (χ4n) is 1.17. The predicted molar refractivity (Wildman–Crippen MR) is 51.3 cm³/mol. The number of hydrogen-bond donors (Lipinski definition) is 0. The van der Waals surface area contributed by atoms with Crippen molar-refractivity contribution >= 4 is 22.7 Å². The minimum absolute atomic E-state index is 0.266. The van der Waals surface area contributed by atoms with Crippen molar-refractivity contribution in [1.29, 1.82) is 0 Å². The minimum Gasteiger partial charge on any atom is -0.236 e. The summed E-state index contributed by atoms with van der Waals surface area (Å²) in [4.78, 5) is 8.07. The maximum atomic E-state index is 12.8. The third-order valence-corrected chi connectivity index (χ3v) is 2.47. The van der Waals surface area contributed by atoms with Gasteiger partial charge in [-0.1, -0.05) is 0 Å². The lowest BCUT2D eigenvalue weighted by atomic mass is 10.2. The van der Waals surface area contributed by atoms with Gasteiger partial charge in [-0.25, -0.2) is 14.4 Å². The van der Waals surface area contributed by atoms with Crippen LogP contribution >= 0.6 is 11.8 Å². The maximum absolute atomic E-state index is 12.8. The Hall–Kier alpha value is -1.16. The molecule has 0 N–H and O–H groups in total. The molecule has 0 atom stereocenters. The third kappa shape index (κ3) is 1.49. The number of benzene rings is 1. The largest absolute Gasteiger partial charge is 0.236 e. The molecule has 4 heteroatoms. The van der Waals surface area contributed by atoms with Crippen LogP contribution in [0, 0.1) is 5.82 Å². The highest BCUT2D eigenvalue weighted by Gasteiger charge is 2.02. The molecule has 66 valence electrons. The van der Waals surface area contributed by atoms with Crippen molar-refractivity contribution in [3.63, 3.8) is 0 Å². The van der Waals surface area contributed by atoms with Crippen LogP contribution in [0.3, 0.4) is 0 Å². The summed E-state index contributed by atoms with van der Waals surface area (Å²) in [6, 6.07) is 4.54. The van der Waals surface area contributed by atoms with Gasteiger partial charge in [0, 0.05) is 11.5 Å². The molecule has 0 radical (unpaired) electrons. The van der Waals surface area contributed by atoms with Gasteiger partial charge in [-0.15, -0.1) is 11.8 Å². The Morgan fingerprint density at radius 2 is 2.15 bits per heavy atom. The van der Waals surface area contributed by atoms with E-state index in [2.05, 4.69) is 9.97 Å². The van der Waals surface area contributed by atoms with Gasteiger partial charge in [0.25, 0.3) is 0 Å². The second-order valence-corrected chi connectivity index (χ2v) is 3.34. The fraction of sp³-hybridized carbons (Fsp3) is 0.111. The van der Waals surface area contributed by atoms with E-state index in [0.717, 1.165) is 10.4 Å². The SMILES string of the molecule is CSc1ncnc2cc(F)ccc12. The van der Waals surface area contributed by atoms with Crippen molar-refractivity contribution < 1.29 is 4.39 Å². The van der Waals surface area contributed by atoms with E-state index in [1.54, 1.807) is 6.07 Å². The Balaban J connectivity index is 2.77. The molecule has 13 heavy (non-hydrogen) atoms. The molecule has 1 heterocycles. The van der Waals surface area contributed by atoms with E-state index < -0.39 is 0 Å². The second kappa shape index (κ2) is 3.30. The van der Waals surface area contributed by atoms with E-state index in [0.29, 0.717) is 5.52 Å². The zero-order valence-corrected chi connectivity index (χ0v) is 7.81. The lowest BCUT2D eigenvalue weighted by Crippen LogP contribution is -1.86. The first-order valence-electron chi connectivity index (χ1n) is 3.75. The topological polar surface area (TPSA) is 25.8 Å². The molecule has 0 aliphatic heterocycles. The zero-order valence-electron chi connectivity index (χ0n) is 6.99. The van der Waals surface area contributed by atoms with Crippen LogP contribution in [0.2, 0.25) is 0 Å². The third-order valence-electron chi connectivity index (χ3n) is 1.76. The number of rotatable bonds is 1. The monoisotopic (exact) mass is 194 g/mol. The highest BCUT2D eigenvalue weighted by molar-refractivity contribution is 7.98. The summed E-state index contributed by atoms with van der Waals surface area (Å²) < 4.78 is 12.8. The molecule has 2 aromatic rings. The summed E-state index contributed by atoms with van der Waals surface area (Å²) in [5.74, 6) is -0.266. The predicted octanol–water partition coefficient (Wildman–Crippen LogP) is 2.49. The first-order chi connectivity index (χ1) is 6.31. The van der Waals surface area contributed by atoms with Crippen molar-refractivity contribution in [1.82, 2.24) is 9.97 Å². The van der Waals surface area contributed by atoms with E-state index in [-0.39, 0.29) is 5.82 Å². The van der Waals surface area contributed by atoms with E-state index in [9.17, 15) is 4.39 Å². The first-order valence-corrected chi connectivity index (χ1v) is 4.98. The van der Waals surface area contributed by atoms with Crippen LogP contribution in [-0.2, 0) is 0 Å². The van der Waals surface area contributed by atoms with Gasteiger partial charge < -0.3 is 0 Å². The molecule has 0 unspecified atom stereocenters. The quantitative estimate of drug-likeness (QED) is 0.515. The number of nitrogens with zero attached hydrogens (tertiary/aromatic N) is 2. The Kier molecular flexibility index (Phi) is 2.14. The highest BCUT2D eigenvalue weighted by atomic mass is 32.2. The normalized spacial score (nSPS) is 10.6. The molecule has 2 rings (SSSR count). The lowest BCUT2D eigenvalue weighted by Gasteiger charge is -2.00. The number of thioether (sulfide) groups is 1. The van der Waals surface area contributed by atoms with E-state index >= 15 is 0 Å². The van der Waals surface area contributed by atoms with Crippen LogP contribution in [0.25, 0.3) is 10.9 Å². The summed E-state index contributed by atoms with van der Waals surface area (Å²) in [7, 11) is 0. The van der Waals surface area contributed by atoms with Crippen molar-refractivity contribution in [3.8, 4) is 0 Å². The Morgan fingerprint density at radius 3 is 2.92 bits per heavy atom. The van der Waals surface area contributed by atoms with Crippen LogP contribution in [0.15, 0.2) is 29.6 Å². The molecule has 0 bridgehead atoms. The van der Waals surface area contributed by atoms with Crippen molar-refractivity contribution in [2.24, 2.45) is 0 Å². The van der Waals surface area contributed by atoms with Crippen LogP contribution in [-0.4, -0.2) is 16.2 Å². The summed E-state index contributed by atoms with van der Waals surface area (Å²) in [5.41, 5.74) is 0.652. The average Bonchev–Trinajstić information content (AvgIpc) is 2.16. The molecule has 0 spiro atoms. The van der Waals surface area contributed by atoms with Crippen LogP contribution in [0.5, 0.6) is 0 Å². The molecule has 0 aliphatic carbocycles. The van der Waals surface area contributed by atoms with Crippen LogP contribution in [0.1, 0.15) is 0 Å². The standard InChI is InChI=1S/C9H7FN2S/c1-13-9-7-3-2-6(10)4-8(7)11-5-12-9/h2-5H,1H3. The summed E-state index contributed by atoms with van der Waals surface area (Å²) in [5, 5.41) is 1.78. The Morgan fingerprint density at radius 1 is 1.31 bits per heavy atom. The van der Waals surface area contributed by atoms with Crippen LogP contribution in [0.4, 0.5) is 4.39 Å². The molecular weight excluding hydrogens is 187 g/mol. The minimum atomic E-state index is -0.266. The number of aromatic nitrogens is 2.